The van der Waals surface area contributed by atoms with Gasteiger partial charge in [-0.05, 0) is 29.8 Å². The van der Waals surface area contributed by atoms with Crippen molar-refractivity contribution in [3.8, 4) is 5.75 Å². The van der Waals surface area contributed by atoms with Crippen molar-refractivity contribution in [3.63, 3.8) is 0 Å². The molecule has 0 unspecified atom stereocenters. The molecule has 154 valence electrons. The second-order valence-corrected chi connectivity index (χ2v) is 8.01. The van der Waals surface area contributed by atoms with Crippen LogP contribution in [0.15, 0.2) is 58.4 Å². The van der Waals surface area contributed by atoms with Gasteiger partial charge < -0.3 is 9.64 Å². The highest BCUT2D eigenvalue weighted by atomic mass is 32.2. The van der Waals surface area contributed by atoms with Crippen LogP contribution >= 0.6 is 0 Å². The monoisotopic (exact) mass is 423 g/mol. The Morgan fingerprint density at radius 1 is 1.17 bits per heavy atom. The Balaban J connectivity index is 1.55. The fourth-order valence-electron chi connectivity index (χ4n) is 2.84. The van der Waals surface area contributed by atoms with Gasteiger partial charge in [-0.15, -0.1) is 0 Å². The standard InChI is InChI=1S/C19H19F2N3O4S/c1-24(12-13-6-8-14(9-7-13)28-19(20)21)17(25)10-11-22-18-15-4-2-3-5-16(15)29(26,27)23-18/h2-9,19H,10-12H2,1H3,(H,22,23). The van der Waals surface area contributed by atoms with Crippen LogP contribution in [0.5, 0.6) is 5.75 Å². The lowest BCUT2D eigenvalue weighted by Gasteiger charge is -2.17. The summed E-state index contributed by atoms with van der Waals surface area (Å²) in [4.78, 5) is 18.2. The number of halogens is 2. The van der Waals surface area contributed by atoms with Crippen molar-refractivity contribution in [1.29, 1.82) is 0 Å². The summed E-state index contributed by atoms with van der Waals surface area (Å²) in [6.45, 7) is -2.47. The van der Waals surface area contributed by atoms with Crippen LogP contribution < -0.4 is 9.46 Å². The van der Waals surface area contributed by atoms with Crippen molar-refractivity contribution in [1.82, 2.24) is 9.62 Å². The van der Waals surface area contributed by atoms with E-state index in [9.17, 15) is 22.0 Å². The number of nitrogens with one attached hydrogen (secondary N) is 1. The Morgan fingerprint density at radius 2 is 1.86 bits per heavy atom. The van der Waals surface area contributed by atoms with Crippen LogP contribution in [0.1, 0.15) is 17.5 Å². The smallest absolute Gasteiger partial charge is 0.387 e. The fraction of sp³-hybridized carbons (Fsp3) is 0.263. The minimum Gasteiger partial charge on any atom is -0.435 e. The molecule has 0 aromatic heterocycles. The maximum absolute atomic E-state index is 12.3. The molecule has 29 heavy (non-hydrogen) atoms. The third-order valence-corrected chi connectivity index (χ3v) is 5.65. The molecule has 0 radical (unpaired) electrons. The molecule has 2 aromatic carbocycles. The van der Waals surface area contributed by atoms with Gasteiger partial charge >= 0.3 is 6.61 Å². The molecule has 0 aliphatic carbocycles. The number of rotatable bonds is 7. The second kappa shape index (κ2) is 8.56. The Labute approximate surface area is 167 Å². The summed E-state index contributed by atoms with van der Waals surface area (Å²) in [5.74, 6) is 0.0925. The van der Waals surface area contributed by atoms with E-state index in [1.54, 1.807) is 37.4 Å². The largest absolute Gasteiger partial charge is 0.435 e. The van der Waals surface area contributed by atoms with Gasteiger partial charge in [0.25, 0.3) is 10.0 Å². The number of aliphatic imine (C=N–C) groups is 1. The van der Waals surface area contributed by atoms with Crippen molar-refractivity contribution < 1.29 is 26.7 Å². The molecule has 1 N–H and O–H groups in total. The van der Waals surface area contributed by atoms with E-state index in [0.717, 1.165) is 5.56 Å². The lowest BCUT2D eigenvalue weighted by atomic mass is 10.2. The van der Waals surface area contributed by atoms with Crippen LogP contribution in [0.4, 0.5) is 8.78 Å². The molecule has 0 spiro atoms. The van der Waals surface area contributed by atoms with Crippen LogP contribution in [-0.2, 0) is 21.4 Å². The van der Waals surface area contributed by atoms with Crippen molar-refractivity contribution in [2.24, 2.45) is 4.99 Å². The van der Waals surface area contributed by atoms with Crippen molar-refractivity contribution in [3.05, 3.63) is 59.7 Å². The van der Waals surface area contributed by atoms with E-state index in [2.05, 4.69) is 14.5 Å². The number of hydrogen-bond acceptors (Lipinski definition) is 5. The number of carbonyl (C=O) groups excluding carboxylic acids is 1. The van der Waals surface area contributed by atoms with Crippen LogP contribution in [0.25, 0.3) is 0 Å². The molecule has 1 aliphatic rings. The van der Waals surface area contributed by atoms with Crippen LogP contribution in [0.3, 0.4) is 0 Å². The topological polar surface area (TPSA) is 88.1 Å². The lowest BCUT2D eigenvalue weighted by Crippen LogP contribution is -2.27. The SMILES string of the molecule is CN(Cc1ccc(OC(F)F)cc1)C(=O)CCN=C1NS(=O)(=O)c2ccccc21. The van der Waals surface area contributed by atoms with Crippen molar-refractivity contribution >= 4 is 21.8 Å². The molecule has 10 heteroatoms. The quantitative estimate of drug-likeness (QED) is 0.741. The van der Waals surface area contributed by atoms with Gasteiger partial charge in [-0.25, -0.2) is 8.42 Å². The highest BCUT2D eigenvalue weighted by molar-refractivity contribution is 7.90. The predicted octanol–water partition coefficient (Wildman–Crippen LogP) is 2.38. The summed E-state index contributed by atoms with van der Waals surface area (Å²) >= 11 is 0. The molecule has 0 saturated heterocycles. The first-order chi connectivity index (χ1) is 13.8. The number of sulfonamides is 1. The van der Waals surface area contributed by atoms with E-state index in [1.807, 2.05) is 0 Å². The highest BCUT2D eigenvalue weighted by Gasteiger charge is 2.30. The van der Waals surface area contributed by atoms with E-state index >= 15 is 0 Å². The maximum atomic E-state index is 12.3. The number of alkyl halides is 2. The third-order valence-electron chi connectivity index (χ3n) is 4.25. The minimum absolute atomic E-state index is 0.0489. The Kier molecular flexibility index (Phi) is 6.12. The van der Waals surface area contributed by atoms with Crippen LogP contribution in [-0.4, -0.2) is 45.3 Å². The normalized spacial score (nSPS) is 15.8. The van der Waals surface area contributed by atoms with E-state index in [1.165, 1.54) is 23.1 Å². The van der Waals surface area contributed by atoms with Crippen LogP contribution in [0.2, 0.25) is 0 Å². The minimum atomic E-state index is -3.61. The molecule has 0 saturated carbocycles. The number of hydrogen-bond donors (Lipinski definition) is 1. The van der Waals surface area contributed by atoms with Gasteiger partial charge in [0.15, 0.2) is 0 Å². The zero-order valence-corrected chi connectivity index (χ0v) is 16.3. The Morgan fingerprint density at radius 3 is 2.55 bits per heavy atom. The van der Waals surface area contributed by atoms with E-state index in [-0.39, 0.29) is 35.4 Å². The van der Waals surface area contributed by atoms with Gasteiger partial charge in [-0.3, -0.25) is 14.5 Å². The first-order valence-electron chi connectivity index (χ1n) is 8.70. The summed E-state index contributed by atoms with van der Waals surface area (Å²) in [7, 11) is -1.99. The van der Waals surface area contributed by atoms with Gasteiger partial charge in [-0.2, -0.15) is 8.78 Å². The van der Waals surface area contributed by atoms with E-state index in [4.69, 9.17) is 0 Å². The van der Waals surface area contributed by atoms with Crippen LogP contribution in [0, 0.1) is 0 Å². The lowest BCUT2D eigenvalue weighted by molar-refractivity contribution is -0.130. The molecule has 1 amide bonds. The number of carbonyl (C=O) groups is 1. The molecule has 0 bridgehead atoms. The Hall–Kier alpha value is -3.01. The number of fused-ring (bicyclic) bond motifs is 1. The third kappa shape index (κ3) is 5.08. The first kappa shape index (κ1) is 20.7. The second-order valence-electron chi connectivity index (χ2n) is 6.35. The molecule has 1 aliphatic heterocycles. The van der Waals surface area contributed by atoms with Crippen molar-refractivity contribution in [2.75, 3.05) is 13.6 Å². The predicted molar refractivity (Wildman–Crippen MR) is 102 cm³/mol. The van der Waals surface area contributed by atoms with Gasteiger partial charge in [-0.1, -0.05) is 24.3 Å². The number of amidine groups is 1. The highest BCUT2D eigenvalue weighted by Crippen LogP contribution is 2.22. The number of amides is 1. The van der Waals surface area contributed by atoms with E-state index < -0.39 is 16.6 Å². The zero-order chi connectivity index (χ0) is 21.0. The average molecular weight is 423 g/mol. The first-order valence-corrected chi connectivity index (χ1v) is 10.2. The summed E-state index contributed by atoms with van der Waals surface area (Å²) in [5.41, 5.74) is 1.24. The number of benzene rings is 2. The molecule has 7 nitrogen and oxygen atoms in total. The summed E-state index contributed by atoms with van der Waals surface area (Å²) in [6.07, 6.45) is 0.0937. The summed E-state index contributed by atoms with van der Waals surface area (Å²) in [6, 6.07) is 12.5. The molecular weight excluding hydrogens is 404 g/mol. The summed E-state index contributed by atoms with van der Waals surface area (Å²) in [5, 5.41) is 0. The van der Waals surface area contributed by atoms with Gasteiger partial charge in [0.1, 0.15) is 11.6 Å². The number of nitrogens with zero attached hydrogens (tertiary/aromatic N) is 2. The van der Waals surface area contributed by atoms with Gasteiger partial charge in [0.05, 0.1) is 11.4 Å². The average Bonchev–Trinajstić information content (AvgIpc) is 2.93. The number of ether oxygens (including phenoxy) is 1. The maximum Gasteiger partial charge on any atom is 0.387 e. The molecule has 3 rings (SSSR count). The zero-order valence-electron chi connectivity index (χ0n) is 15.5. The summed E-state index contributed by atoms with van der Waals surface area (Å²) < 4.78 is 55.1. The molecule has 0 atom stereocenters. The molecular formula is C19H19F2N3O4S. The molecule has 1 heterocycles. The van der Waals surface area contributed by atoms with Gasteiger partial charge in [0, 0.05) is 25.6 Å². The Bertz CT molecular complexity index is 1020. The molecule has 0 fully saturated rings. The molecule has 2 aromatic rings. The fourth-order valence-corrected chi connectivity index (χ4v) is 4.09. The van der Waals surface area contributed by atoms with Gasteiger partial charge in [0.2, 0.25) is 5.91 Å². The van der Waals surface area contributed by atoms with E-state index in [0.29, 0.717) is 12.1 Å². The van der Waals surface area contributed by atoms with Crippen molar-refractivity contribution in [2.45, 2.75) is 24.5 Å².